The number of benzene rings is 3. The SMILES string of the molecule is O=C(NC1c2ccccc2-c2c(-c3cncc4ccccc34)cccc21)c1ccnc2[nH]ccc12. The molecule has 0 radical (unpaired) electrons. The topological polar surface area (TPSA) is 70.7 Å². The maximum Gasteiger partial charge on any atom is 0.252 e. The molecular formula is C30H20N4O. The highest BCUT2D eigenvalue weighted by Gasteiger charge is 2.32. The highest BCUT2D eigenvalue weighted by molar-refractivity contribution is 6.07. The highest BCUT2D eigenvalue weighted by Crippen LogP contribution is 2.48. The fourth-order valence-corrected chi connectivity index (χ4v) is 5.33. The number of hydrogen-bond acceptors (Lipinski definition) is 3. The van der Waals surface area contributed by atoms with Crippen molar-refractivity contribution >= 4 is 27.7 Å². The largest absolute Gasteiger partial charge is 0.346 e. The Morgan fingerprint density at radius 3 is 2.57 bits per heavy atom. The Labute approximate surface area is 201 Å². The first-order chi connectivity index (χ1) is 17.3. The maximum absolute atomic E-state index is 13.5. The number of carbonyl (C=O) groups is 1. The Morgan fingerprint density at radius 1 is 0.771 bits per heavy atom. The third kappa shape index (κ3) is 2.98. The van der Waals surface area contributed by atoms with Crippen molar-refractivity contribution in [3.63, 3.8) is 0 Å². The Hall–Kier alpha value is -4.77. The number of aromatic amines is 1. The molecule has 3 heterocycles. The van der Waals surface area contributed by atoms with Gasteiger partial charge in [0.1, 0.15) is 5.65 Å². The Kier molecular flexibility index (Phi) is 4.29. The fourth-order valence-electron chi connectivity index (χ4n) is 5.33. The Balaban J connectivity index is 1.39. The Bertz CT molecular complexity index is 1760. The first kappa shape index (κ1) is 19.7. The molecule has 0 aliphatic heterocycles. The molecule has 1 unspecified atom stereocenters. The van der Waals surface area contributed by atoms with Crippen LogP contribution in [0.5, 0.6) is 0 Å². The van der Waals surface area contributed by atoms with E-state index in [1.165, 1.54) is 0 Å². The van der Waals surface area contributed by atoms with Crippen molar-refractivity contribution in [2.45, 2.75) is 6.04 Å². The van der Waals surface area contributed by atoms with Crippen molar-refractivity contribution in [1.29, 1.82) is 0 Å². The number of rotatable bonds is 3. The van der Waals surface area contributed by atoms with Gasteiger partial charge in [0, 0.05) is 41.1 Å². The van der Waals surface area contributed by atoms with Crippen LogP contribution in [0.3, 0.4) is 0 Å². The summed E-state index contributed by atoms with van der Waals surface area (Å²) in [5.41, 5.74) is 7.98. The van der Waals surface area contributed by atoms with Crippen molar-refractivity contribution in [3.8, 4) is 22.3 Å². The maximum atomic E-state index is 13.5. The number of fused-ring (bicyclic) bond motifs is 5. The summed E-state index contributed by atoms with van der Waals surface area (Å²) in [7, 11) is 0. The van der Waals surface area contributed by atoms with Crippen molar-refractivity contribution in [3.05, 3.63) is 120 Å². The van der Waals surface area contributed by atoms with E-state index in [-0.39, 0.29) is 11.9 Å². The van der Waals surface area contributed by atoms with Gasteiger partial charge in [-0.1, -0.05) is 66.7 Å². The van der Waals surface area contributed by atoms with Gasteiger partial charge in [0.2, 0.25) is 0 Å². The number of amides is 1. The van der Waals surface area contributed by atoms with Gasteiger partial charge < -0.3 is 10.3 Å². The van der Waals surface area contributed by atoms with Crippen LogP contribution < -0.4 is 5.32 Å². The molecule has 35 heavy (non-hydrogen) atoms. The summed E-state index contributed by atoms with van der Waals surface area (Å²) in [5.74, 6) is -0.123. The molecule has 0 spiro atoms. The zero-order valence-electron chi connectivity index (χ0n) is 18.7. The lowest BCUT2D eigenvalue weighted by molar-refractivity contribution is 0.0945. The van der Waals surface area contributed by atoms with Gasteiger partial charge in [-0.05, 0) is 45.3 Å². The van der Waals surface area contributed by atoms with Gasteiger partial charge >= 0.3 is 0 Å². The molecule has 3 aromatic carbocycles. The predicted octanol–water partition coefficient (Wildman–Crippen LogP) is 6.28. The molecule has 0 fully saturated rings. The minimum absolute atomic E-state index is 0.123. The lowest BCUT2D eigenvalue weighted by Gasteiger charge is -2.17. The zero-order valence-corrected chi connectivity index (χ0v) is 18.7. The summed E-state index contributed by atoms with van der Waals surface area (Å²) >= 11 is 0. The van der Waals surface area contributed by atoms with Gasteiger partial charge in [-0.25, -0.2) is 4.98 Å². The molecule has 7 rings (SSSR count). The second-order valence-electron chi connectivity index (χ2n) is 8.77. The number of aromatic nitrogens is 3. The van der Waals surface area contributed by atoms with E-state index in [0.29, 0.717) is 11.2 Å². The van der Waals surface area contributed by atoms with Gasteiger partial charge in [0.25, 0.3) is 5.91 Å². The van der Waals surface area contributed by atoms with E-state index in [0.717, 1.165) is 49.5 Å². The fraction of sp³-hybridized carbons (Fsp3) is 0.0333. The summed E-state index contributed by atoms with van der Waals surface area (Å²) in [6.45, 7) is 0. The number of hydrogen-bond donors (Lipinski definition) is 2. The number of H-pyrrole nitrogens is 1. The van der Waals surface area contributed by atoms with E-state index < -0.39 is 0 Å². The Morgan fingerprint density at radius 2 is 1.60 bits per heavy atom. The van der Waals surface area contributed by atoms with Crippen LogP contribution in [0.2, 0.25) is 0 Å². The smallest absolute Gasteiger partial charge is 0.252 e. The first-order valence-corrected chi connectivity index (χ1v) is 11.6. The molecule has 1 atom stereocenters. The van der Waals surface area contributed by atoms with Crippen molar-refractivity contribution in [2.24, 2.45) is 0 Å². The van der Waals surface area contributed by atoms with Crippen LogP contribution in [0.4, 0.5) is 0 Å². The van der Waals surface area contributed by atoms with E-state index in [1.807, 2.05) is 30.6 Å². The number of pyridine rings is 2. The molecule has 3 aromatic heterocycles. The average Bonchev–Trinajstić information content (AvgIpc) is 3.51. The first-order valence-electron chi connectivity index (χ1n) is 11.6. The van der Waals surface area contributed by atoms with E-state index in [1.54, 1.807) is 18.5 Å². The predicted molar refractivity (Wildman–Crippen MR) is 138 cm³/mol. The third-order valence-corrected chi connectivity index (χ3v) is 6.89. The van der Waals surface area contributed by atoms with E-state index in [4.69, 9.17) is 0 Å². The van der Waals surface area contributed by atoms with Crippen LogP contribution in [-0.4, -0.2) is 20.9 Å². The summed E-state index contributed by atoms with van der Waals surface area (Å²) in [6.07, 6.45) is 7.30. The highest BCUT2D eigenvalue weighted by atomic mass is 16.1. The summed E-state index contributed by atoms with van der Waals surface area (Å²) < 4.78 is 0. The minimum Gasteiger partial charge on any atom is -0.346 e. The van der Waals surface area contributed by atoms with Crippen LogP contribution in [-0.2, 0) is 0 Å². The second kappa shape index (κ2) is 7.64. The standard InChI is InChI=1S/C30H20N4O/c35-30(24-13-15-33-29-23(24)12-14-32-29)34-28-22-9-4-3-8-20(22)27-21(10-5-11-25(27)28)26-17-31-16-18-6-1-2-7-19(18)26/h1-17,28H,(H,32,33)(H,34,35). The van der Waals surface area contributed by atoms with Crippen LogP contribution >= 0.6 is 0 Å². The molecule has 5 nitrogen and oxygen atoms in total. The lowest BCUT2D eigenvalue weighted by Crippen LogP contribution is -2.28. The number of nitrogens with zero attached hydrogens (tertiary/aromatic N) is 2. The summed E-state index contributed by atoms with van der Waals surface area (Å²) in [6, 6.07) is 26.4. The lowest BCUT2D eigenvalue weighted by atomic mass is 9.92. The van der Waals surface area contributed by atoms with Crippen LogP contribution in [0.1, 0.15) is 27.5 Å². The van der Waals surface area contributed by atoms with Gasteiger partial charge in [0.15, 0.2) is 0 Å². The number of carbonyl (C=O) groups excluding carboxylic acids is 1. The molecule has 0 saturated carbocycles. The summed E-state index contributed by atoms with van der Waals surface area (Å²) in [5, 5.41) is 6.38. The molecule has 1 aliphatic rings. The molecule has 2 N–H and O–H groups in total. The third-order valence-electron chi connectivity index (χ3n) is 6.89. The quantitative estimate of drug-likeness (QED) is 0.332. The van der Waals surface area contributed by atoms with Gasteiger partial charge in [-0.2, -0.15) is 0 Å². The van der Waals surface area contributed by atoms with Gasteiger partial charge in [-0.3, -0.25) is 9.78 Å². The molecule has 6 aromatic rings. The van der Waals surface area contributed by atoms with E-state index in [9.17, 15) is 4.79 Å². The average molecular weight is 453 g/mol. The molecule has 166 valence electrons. The second-order valence-corrected chi connectivity index (χ2v) is 8.77. The summed E-state index contributed by atoms with van der Waals surface area (Å²) in [4.78, 5) is 25.4. The van der Waals surface area contributed by atoms with E-state index in [2.05, 4.69) is 74.9 Å². The molecule has 1 aliphatic carbocycles. The zero-order chi connectivity index (χ0) is 23.4. The van der Waals surface area contributed by atoms with Crippen molar-refractivity contribution in [1.82, 2.24) is 20.3 Å². The molecule has 5 heteroatoms. The number of nitrogens with one attached hydrogen (secondary N) is 2. The monoisotopic (exact) mass is 452 g/mol. The molecule has 0 bridgehead atoms. The van der Waals surface area contributed by atoms with Crippen molar-refractivity contribution < 1.29 is 4.79 Å². The molecular weight excluding hydrogens is 432 g/mol. The van der Waals surface area contributed by atoms with Crippen molar-refractivity contribution in [2.75, 3.05) is 0 Å². The van der Waals surface area contributed by atoms with Gasteiger partial charge in [0.05, 0.1) is 11.6 Å². The van der Waals surface area contributed by atoms with E-state index >= 15 is 0 Å². The van der Waals surface area contributed by atoms with Crippen LogP contribution in [0.15, 0.2) is 104 Å². The molecule has 1 amide bonds. The molecule has 0 saturated heterocycles. The van der Waals surface area contributed by atoms with Crippen LogP contribution in [0, 0.1) is 0 Å². The van der Waals surface area contributed by atoms with Gasteiger partial charge in [-0.15, -0.1) is 0 Å². The minimum atomic E-state index is -0.251. The normalized spacial score (nSPS) is 14.1. The van der Waals surface area contributed by atoms with Crippen LogP contribution in [0.25, 0.3) is 44.1 Å².